The Kier molecular flexibility index (Phi) is 4.33. The number of nitrogens with zero attached hydrogens (tertiary/aromatic N) is 3. The molecule has 0 spiro atoms. The predicted molar refractivity (Wildman–Crippen MR) is 87.9 cm³/mol. The Hall–Kier alpha value is -1.79. The number of hydrogen-bond acceptors (Lipinski definition) is 4. The number of aromatic nitrogens is 3. The van der Waals surface area contributed by atoms with Gasteiger partial charge >= 0.3 is 0 Å². The minimum atomic E-state index is -0.117. The number of hydrogen-bond donors (Lipinski definition) is 1. The third kappa shape index (κ3) is 3.08. The van der Waals surface area contributed by atoms with Gasteiger partial charge in [0.15, 0.2) is 0 Å². The molecule has 1 saturated carbocycles. The summed E-state index contributed by atoms with van der Waals surface area (Å²) < 4.78 is 21.7. The minimum absolute atomic E-state index is 0.0737. The van der Waals surface area contributed by atoms with Gasteiger partial charge in [-0.05, 0) is 55.7 Å². The number of benzene rings is 1. The van der Waals surface area contributed by atoms with Gasteiger partial charge in [0.2, 0.25) is 0 Å². The van der Waals surface area contributed by atoms with Gasteiger partial charge < -0.3 is 10.5 Å². The van der Waals surface area contributed by atoms with Crippen LogP contribution in [0.1, 0.15) is 55.0 Å². The molecule has 1 aromatic heterocycles. The van der Waals surface area contributed by atoms with E-state index in [1.807, 2.05) is 16.9 Å². The van der Waals surface area contributed by atoms with E-state index in [0.717, 1.165) is 55.3 Å². The maximum atomic E-state index is 13.9. The monoisotopic (exact) mass is 330 g/mol. The fraction of sp³-hybridized carbons (Fsp3) is 0.556. The molecular formula is C18H23FN4O. The molecule has 24 heavy (non-hydrogen) atoms. The van der Waals surface area contributed by atoms with E-state index in [1.54, 1.807) is 6.07 Å². The smallest absolute Gasteiger partial charge is 0.126 e. The molecule has 1 unspecified atom stereocenters. The molecule has 4 rings (SSSR count). The lowest BCUT2D eigenvalue weighted by Crippen LogP contribution is -2.30. The summed E-state index contributed by atoms with van der Waals surface area (Å²) in [5.74, 6) is -0.117. The number of rotatable bonds is 4. The summed E-state index contributed by atoms with van der Waals surface area (Å²) in [7, 11) is 0. The normalized spacial score (nSPS) is 26.5. The summed E-state index contributed by atoms with van der Waals surface area (Å²) in [5, 5.41) is 8.47. The molecule has 128 valence electrons. The second-order valence-electron chi connectivity index (χ2n) is 6.90. The molecule has 2 aromatic rings. The Morgan fingerprint density at radius 2 is 2.04 bits per heavy atom. The minimum Gasteiger partial charge on any atom is -0.372 e. The van der Waals surface area contributed by atoms with Gasteiger partial charge in [0.25, 0.3) is 0 Å². The molecule has 0 saturated heterocycles. The van der Waals surface area contributed by atoms with Crippen LogP contribution >= 0.6 is 0 Å². The molecule has 5 nitrogen and oxygen atoms in total. The Bertz CT molecular complexity index is 709. The topological polar surface area (TPSA) is 66.0 Å². The Morgan fingerprint density at radius 1 is 1.21 bits per heavy atom. The molecule has 1 atom stereocenters. The van der Waals surface area contributed by atoms with Crippen LogP contribution in [0.2, 0.25) is 0 Å². The van der Waals surface area contributed by atoms with Gasteiger partial charge in [-0.1, -0.05) is 17.3 Å². The van der Waals surface area contributed by atoms with E-state index in [4.69, 9.17) is 10.5 Å². The molecule has 2 N–H and O–H groups in total. The quantitative estimate of drug-likeness (QED) is 0.936. The zero-order chi connectivity index (χ0) is 16.5. The molecular weight excluding hydrogens is 307 g/mol. The van der Waals surface area contributed by atoms with Crippen LogP contribution in [-0.2, 0) is 17.8 Å². The number of fused-ring (bicyclic) bond motifs is 1. The predicted octanol–water partition coefficient (Wildman–Crippen LogP) is 2.74. The Morgan fingerprint density at radius 3 is 2.88 bits per heavy atom. The average Bonchev–Trinajstić information content (AvgIpc) is 3.21. The fourth-order valence-corrected chi connectivity index (χ4v) is 3.85. The molecule has 0 bridgehead atoms. The second-order valence-corrected chi connectivity index (χ2v) is 6.90. The highest BCUT2D eigenvalue weighted by atomic mass is 19.1. The van der Waals surface area contributed by atoms with Crippen molar-refractivity contribution >= 4 is 0 Å². The first-order valence-electron chi connectivity index (χ1n) is 8.76. The maximum absolute atomic E-state index is 13.9. The molecule has 2 aliphatic carbocycles. The standard InChI is InChI=1S/C18H23FN4O/c19-17-3-1-2-16-15(17)8-9-18(16)23-10-13(21-22-23)11-24-14-6-4-12(20)5-7-14/h1-3,10,12,14,18H,4-9,11,20H2. The summed E-state index contributed by atoms with van der Waals surface area (Å²) in [6.45, 7) is 0.475. The van der Waals surface area contributed by atoms with Gasteiger partial charge in [-0.3, -0.25) is 0 Å². The van der Waals surface area contributed by atoms with Crippen molar-refractivity contribution < 1.29 is 9.13 Å². The number of nitrogens with two attached hydrogens (primary N) is 1. The van der Waals surface area contributed by atoms with Gasteiger partial charge in [-0.2, -0.15) is 0 Å². The summed E-state index contributed by atoms with van der Waals surface area (Å²) in [4.78, 5) is 0. The third-order valence-corrected chi connectivity index (χ3v) is 5.24. The van der Waals surface area contributed by atoms with Crippen LogP contribution in [0.5, 0.6) is 0 Å². The molecule has 0 radical (unpaired) electrons. The van der Waals surface area contributed by atoms with Crippen LogP contribution in [0.15, 0.2) is 24.4 Å². The lowest BCUT2D eigenvalue weighted by Gasteiger charge is -2.25. The van der Waals surface area contributed by atoms with E-state index < -0.39 is 0 Å². The molecule has 0 amide bonds. The van der Waals surface area contributed by atoms with Crippen LogP contribution in [0.25, 0.3) is 0 Å². The molecule has 2 aliphatic rings. The molecule has 1 fully saturated rings. The van der Waals surface area contributed by atoms with Gasteiger partial charge in [0, 0.05) is 6.04 Å². The highest BCUT2D eigenvalue weighted by molar-refractivity contribution is 5.36. The van der Waals surface area contributed by atoms with Crippen molar-refractivity contribution in [2.75, 3.05) is 0 Å². The van der Waals surface area contributed by atoms with Crippen LogP contribution < -0.4 is 5.73 Å². The van der Waals surface area contributed by atoms with Crippen molar-refractivity contribution in [3.8, 4) is 0 Å². The fourth-order valence-electron chi connectivity index (χ4n) is 3.85. The first kappa shape index (κ1) is 15.7. The number of ether oxygens (including phenoxy) is 1. The van der Waals surface area contributed by atoms with Gasteiger partial charge in [-0.25, -0.2) is 9.07 Å². The first-order valence-corrected chi connectivity index (χ1v) is 8.76. The lowest BCUT2D eigenvalue weighted by molar-refractivity contribution is 0.0122. The maximum Gasteiger partial charge on any atom is 0.126 e. The Labute approximate surface area is 141 Å². The number of halogens is 1. The molecule has 1 heterocycles. The lowest BCUT2D eigenvalue weighted by atomic mass is 9.94. The van der Waals surface area contributed by atoms with E-state index in [0.29, 0.717) is 12.6 Å². The van der Waals surface area contributed by atoms with E-state index in [-0.39, 0.29) is 18.0 Å². The van der Waals surface area contributed by atoms with E-state index in [9.17, 15) is 4.39 Å². The van der Waals surface area contributed by atoms with Gasteiger partial charge in [-0.15, -0.1) is 5.10 Å². The molecule has 0 aliphatic heterocycles. The van der Waals surface area contributed by atoms with Crippen LogP contribution in [0, 0.1) is 5.82 Å². The summed E-state index contributed by atoms with van der Waals surface area (Å²) >= 11 is 0. The highest BCUT2D eigenvalue weighted by Gasteiger charge is 2.27. The van der Waals surface area contributed by atoms with Gasteiger partial charge in [0.1, 0.15) is 11.5 Å². The van der Waals surface area contributed by atoms with Crippen molar-refractivity contribution in [1.29, 1.82) is 0 Å². The van der Waals surface area contributed by atoms with Crippen molar-refractivity contribution in [3.05, 3.63) is 47.0 Å². The van der Waals surface area contributed by atoms with Crippen LogP contribution in [0.3, 0.4) is 0 Å². The van der Waals surface area contributed by atoms with Crippen molar-refractivity contribution in [2.24, 2.45) is 5.73 Å². The summed E-state index contributed by atoms with van der Waals surface area (Å²) in [6, 6.07) is 5.68. The van der Waals surface area contributed by atoms with Crippen molar-refractivity contribution in [1.82, 2.24) is 15.0 Å². The third-order valence-electron chi connectivity index (χ3n) is 5.24. The van der Waals surface area contributed by atoms with Crippen LogP contribution in [-0.4, -0.2) is 27.1 Å². The van der Waals surface area contributed by atoms with E-state index in [2.05, 4.69) is 10.3 Å². The van der Waals surface area contributed by atoms with Crippen molar-refractivity contribution in [3.63, 3.8) is 0 Å². The first-order chi connectivity index (χ1) is 11.7. The van der Waals surface area contributed by atoms with E-state index >= 15 is 0 Å². The Balaban J connectivity index is 1.40. The highest BCUT2D eigenvalue weighted by Crippen LogP contribution is 2.35. The molecule has 6 heteroatoms. The summed E-state index contributed by atoms with van der Waals surface area (Å²) in [5.41, 5.74) is 8.58. The summed E-state index contributed by atoms with van der Waals surface area (Å²) in [6.07, 6.45) is 7.91. The largest absolute Gasteiger partial charge is 0.372 e. The second kappa shape index (κ2) is 6.61. The SMILES string of the molecule is NC1CCC(OCc2cn(C3CCc4c(F)cccc43)nn2)CC1. The van der Waals surface area contributed by atoms with Gasteiger partial charge in [0.05, 0.1) is 24.9 Å². The van der Waals surface area contributed by atoms with E-state index in [1.165, 1.54) is 6.07 Å². The average molecular weight is 330 g/mol. The zero-order valence-corrected chi connectivity index (χ0v) is 13.7. The van der Waals surface area contributed by atoms with Crippen molar-refractivity contribution in [2.45, 2.75) is 63.3 Å². The molecule has 1 aromatic carbocycles. The van der Waals surface area contributed by atoms with Crippen LogP contribution in [0.4, 0.5) is 4.39 Å². The zero-order valence-electron chi connectivity index (χ0n) is 13.7.